The Labute approximate surface area is 113 Å². The smallest absolute Gasteiger partial charge is 0.262 e. The lowest BCUT2D eigenvalue weighted by Gasteiger charge is -2.21. The van der Waals surface area contributed by atoms with Gasteiger partial charge in [-0.1, -0.05) is 0 Å². The Bertz CT molecular complexity index is 492. The van der Waals surface area contributed by atoms with Crippen LogP contribution in [0.25, 0.3) is 0 Å². The van der Waals surface area contributed by atoms with E-state index in [1.54, 1.807) is 19.2 Å². The van der Waals surface area contributed by atoms with Gasteiger partial charge in [0.1, 0.15) is 0 Å². The molecule has 1 aromatic heterocycles. The van der Waals surface area contributed by atoms with Gasteiger partial charge in [0.05, 0.1) is 18.9 Å². The van der Waals surface area contributed by atoms with Crippen LogP contribution in [-0.4, -0.2) is 63.3 Å². The summed E-state index contributed by atoms with van der Waals surface area (Å²) in [5.74, 6) is 0. The largest absolute Gasteiger partial charge is 0.395 e. The molecule has 0 unspecified atom stereocenters. The molecule has 1 rings (SSSR count). The third-order valence-electron chi connectivity index (χ3n) is 2.52. The van der Waals surface area contributed by atoms with E-state index in [-0.39, 0.29) is 31.3 Å². The SMILES string of the molecule is CNc1cccnc1S(=O)(=O)N(CCO)CCOC. The first-order chi connectivity index (χ1) is 9.07. The van der Waals surface area contributed by atoms with Crippen LogP contribution in [0.3, 0.4) is 0 Å². The summed E-state index contributed by atoms with van der Waals surface area (Å²) in [6, 6.07) is 3.28. The monoisotopic (exact) mass is 289 g/mol. The van der Waals surface area contributed by atoms with Crippen molar-refractivity contribution < 1.29 is 18.3 Å². The van der Waals surface area contributed by atoms with Crippen LogP contribution >= 0.6 is 0 Å². The Balaban J connectivity index is 3.11. The second-order valence-corrected chi connectivity index (χ2v) is 5.58. The van der Waals surface area contributed by atoms with Gasteiger partial charge in [-0.2, -0.15) is 4.31 Å². The minimum Gasteiger partial charge on any atom is -0.395 e. The summed E-state index contributed by atoms with van der Waals surface area (Å²) >= 11 is 0. The zero-order valence-electron chi connectivity index (χ0n) is 11.0. The molecule has 8 heteroatoms. The van der Waals surface area contributed by atoms with E-state index in [9.17, 15) is 8.42 Å². The van der Waals surface area contributed by atoms with Crippen molar-refractivity contribution in [3.63, 3.8) is 0 Å². The average Bonchev–Trinajstić information content (AvgIpc) is 2.43. The van der Waals surface area contributed by atoms with Gasteiger partial charge in [-0.3, -0.25) is 0 Å². The fourth-order valence-corrected chi connectivity index (χ4v) is 3.09. The minimum atomic E-state index is -3.76. The number of ether oxygens (including phenoxy) is 1. The molecule has 2 N–H and O–H groups in total. The second-order valence-electron chi connectivity index (χ2n) is 3.73. The fourth-order valence-electron chi connectivity index (χ4n) is 1.57. The standard InChI is InChI=1S/C11H19N3O4S/c1-12-10-4-3-5-13-11(10)19(16,17)14(6-8-15)7-9-18-2/h3-5,12,15H,6-9H2,1-2H3. The molecule has 0 saturated carbocycles. The fraction of sp³-hybridized carbons (Fsp3) is 0.545. The summed E-state index contributed by atoms with van der Waals surface area (Å²) < 4.78 is 31.0. The van der Waals surface area contributed by atoms with Gasteiger partial charge in [0, 0.05) is 33.4 Å². The summed E-state index contributed by atoms with van der Waals surface area (Å²) in [7, 11) is -0.642. The molecule has 0 aliphatic heterocycles. The van der Waals surface area contributed by atoms with Gasteiger partial charge in [0.25, 0.3) is 10.0 Å². The number of nitrogens with zero attached hydrogens (tertiary/aromatic N) is 2. The maximum Gasteiger partial charge on any atom is 0.262 e. The predicted octanol–water partition coefficient (Wildman–Crippen LogP) is -0.247. The van der Waals surface area contributed by atoms with Crippen molar-refractivity contribution in [3.8, 4) is 0 Å². The predicted molar refractivity (Wildman–Crippen MR) is 71.5 cm³/mol. The Morgan fingerprint density at radius 2 is 2.21 bits per heavy atom. The van der Waals surface area contributed by atoms with Crippen LogP contribution in [0.4, 0.5) is 5.69 Å². The topological polar surface area (TPSA) is 91.8 Å². The molecule has 0 spiro atoms. The van der Waals surface area contributed by atoms with Crippen molar-refractivity contribution in [2.24, 2.45) is 0 Å². The Morgan fingerprint density at radius 1 is 1.47 bits per heavy atom. The highest BCUT2D eigenvalue weighted by Crippen LogP contribution is 2.21. The Kier molecular flexibility index (Phi) is 6.16. The molecule has 108 valence electrons. The van der Waals surface area contributed by atoms with E-state index >= 15 is 0 Å². The molecule has 0 saturated heterocycles. The molecule has 0 bridgehead atoms. The quantitative estimate of drug-likeness (QED) is 0.686. The third-order valence-corrected chi connectivity index (χ3v) is 4.38. The summed E-state index contributed by atoms with van der Waals surface area (Å²) in [6.07, 6.45) is 1.42. The molecule has 0 aliphatic carbocycles. The second kappa shape index (κ2) is 7.39. The number of anilines is 1. The average molecular weight is 289 g/mol. The lowest BCUT2D eigenvalue weighted by Crippen LogP contribution is -2.36. The van der Waals surface area contributed by atoms with Crippen LogP contribution in [0.15, 0.2) is 23.4 Å². The molecular weight excluding hydrogens is 270 g/mol. The molecule has 0 aromatic carbocycles. The first kappa shape index (κ1) is 15.8. The molecule has 19 heavy (non-hydrogen) atoms. The van der Waals surface area contributed by atoms with Gasteiger partial charge < -0.3 is 15.2 Å². The number of aromatic nitrogens is 1. The van der Waals surface area contributed by atoms with Gasteiger partial charge in [-0.25, -0.2) is 13.4 Å². The number of nitrogens with one attached hydrogen (secondary N) is 1. The highest BCUT2D eigenvalue weighted by atomic mass is 32.2. The van der Waals surface area contributed by atoms with Gasteiger partial charge in [0.2, 0.25) is 0 Å². The number of pyridine rings is 1. The van der Waals surface area contributed by atoms with Crippen LogP contribution < -0.4 is 5.32 Å². The maximum absolute atomic E-state index is 12.5. The Morgan fingerprint density at radius 3 is 2.79 bits per heavy atom. The number of hydrogen-bond acceptors (Lipinski definition) is 6. The van der Waals surface area contributed by atoms with Crippen molar-refractivity contribution in [3.05, 3.63) is 18.3 Å². The summed E-state index contributed by atoms with van der Waals surface area (Å²) in [5.41, 5.74) is 0.419. The van der Waals surface area contributed by atoms with E-state index < -0.39 is 10.0 Å². The summed E-state index contributed by atoms with van der Waals surface area (Å²) in [5, 5.41) is 11.7. The number of sulfonamides is 1. The molecule has 7 nitrogen and oxygen atoms in total. The van der Waals surface area contributed by atoms with Crippen molar-refractivity contribution in [1.82, 2.24) is 9.29 Å². The van der Waals surface area contributed by atoms with Crippen LogP contribution in [0.2, 0.25) is 0 Å². The molecule has 1 heterocycles. The van der Waals surface area contributed by atoms with E-state index in [0.717, 1.165) is 4.31 Å². The van der Waals surface area contributed by atoms with Crippen LogP contribution in [-0.2, 0) is 14.8 Å². The molecule has 1 aromatic rings. The summed E-state index contributed by atoms with van der Waals surface area (Å²) in [4.78, 5) is 3.92. The minimum absolute atomic E-state index is 0.00538. The van der Waals surface area contributed by atoms with Crippen LogP contribution in [0.5, 0.6) is 0 Å². The number of methoxy groups -OCH3 is 1. The van der Waals surface area contributed by atoms with Gasteiger partial charge in [0.15, 0.2) is 5.03 Å². The van der Waals surface area contributed by atoms with Crippen molar-refractivity contribution in [2.45, 2.75) is 5.03 Å². The highest BCUT2D eigenvalue weighted by molar-refractivity contribution is 7.89. The van der Waals surface area contributed by atoms with Crippen molar-refractivity contribution >= 4 is 15.7 Å². The molecule has 0 atom stereocenters. The zero-order chi connectivity index (χ0) is 14.3. The van der Waals surface area contributed by atoms with Crippen molar-refractivity contribution in [1.29, 1.82) is 0 Å². The zero-order valence-corrected chi connectivity index (χ0v) is 11.9. The van der Waals surface area contributed by atoms with E-state index in [2.05, 4.69) is 10.3 Å². The van der Waals surface area contributed by atoms with E-state index in [4.69, 9.17) is 9.84 Å². The number of rotatable bonds is 8. The first-order valence-corrected chi connectivity index (χ1v) is 7.24. The van der Waals surface area contributed by atoms with Crippen LogP contribution in [0.1, 0.15) is 0 Å². The lowest BCUT2D eigenvalue weighted by molar-refractivity contribution is 0.168. The maximum atomic E-state index is 12.5. The van der Waals surface area contributed by atoms with E-state index in [1.165, 1.54) is 13.3 Å². The molecule has 0 aliphatic rings. The number of aliphatic hydroxyl groups excluding tert-OH is 1. The highest BCUT2D eigenvalue weighted by Gasteiger charge is 2.27. The molecule has 0 fully saturated rings. The Hall–Kier alpha value is -1.22. The summed E-state index contributed by atoms with van der Waals surface area (Å²) in [6.45, 7) is 0.163. The normalized spacial score (nSPS) is 11.8. The third kappa shape index (κ3) is 3.87. The van der Waals surface area contributed by atoms with Gasteiger partial charge >= 0.3 is 0 Å². The number of aliphatic hydroxyl groups is 1. The first-order valence-electron chi connectivity index (χ1n) is 5.80. The molecule has 0 radical (unpaired) electrons. The molecule has 0 amide bonds. The van der Waals surface area contributed by atoms with E-state index in [1.807, 2.05) is 0 Å². The van der Waals surface area contributed by atoms with Gasteiger partial charge in [-0.05, 0) is 12.1 Å². The van der Waals surface area contributed by atoms with Gasteiger partial charge in [-0.15, -0.1) is 0 Å². The number of hydrogen-bond donors (Lipinski definition) is 2. The molecular formula is C11H19N3O4S. The van der Waals surface area contributed by atoms with Crippen molar-refractivity contribution in [2.75, 3.05) is 45.8 Å². The van der Waals surface area contributed by atoms with Crippen LogP contribution in [0, 0.1) is 0 Å². The van der Waals surface area contributed by atoms with E-state index in [0.29, 0.717) is 5.69 Å². The lowest BCUT2D eigenvalue weighted by atomic mass is 10.4.